The predicted octanol–water partition coefficient (Wildman–Crippen LogP) is 2.68. The fourth-order valence-electron chi connectivity index (χ4n) is 2.23. The van der Waals surface area contributed by atoms with Crippen LogP contribution >= 0.6 is 0 Å². The summed E-state index contributed by atoms with van der Waals surface area (Å²) in [5.74, 6) is 0.929. The molecule has 2 aromatic rings. The van der Waals surface area contributed by atoms with Gasteiger partial charge in [0.25, 0.3) is 0 Å². The number of hydrogen-bond acceptors (Lipinski definition) is 2. The highest BCUT2D eigenvalue weighted by Gasteiger charge is 2.10. The van der Waals surface area contributed by atoms with Crippen LogP contribution in [0.15, 0.2) is 36.4 Å². The van der Waals surface area contributed by atoms with Crippen LogP contribution in [0.2, 0.25) is 0 Å². The van der Waals surface area contributed by atoms with Crippen LogP contribution in [0.1, 0.15) is 26.1 Å². The molecule has 4 heteroatoms. The lowest BCUT2D eigenvalue weighted by Crippen LogP contribution is -2.26. The van der Waals surface area contributed by atoms with Gasteiger partial charge in [0.15, 0.2) is 0 Å². The Balaban J connectivity index is 2.14. The molecule has 0 aliphatic carbocycles. The monoisotopic (exact) mass is 271 g/mol. The zero-order valence-corrected chi connectivity index (χ0v) is 12.1. The number of aromatic nitrogens is 2. The molecule has 0 fully saturated rings. The van der Waals surface area contributed by atoms with Crippen LogP contribution in [-0.4, -0.2) is 22.0 Å². The van der Waals surface area contributed by atoms with Gasteiger partial charge in [0, 0.05) is 25.1 Å². The van der Waals surface area contributed by atoms with E-state index in [1.54, 1.807) is 6.92 Å². The average Bonchev–Trinajstić information content (AvgIpc) is 2.77. The van der Waals surface area contributed by atoms with E-state index in [0.717, 1.165) is 36.2 Å². The zero-order chi connectivity index (χ0) is 14.5. The van der Waals surface area contributed by atoms with E-state index in [9.17, 15) is 4.79 Å². The van der Waals surface area contributed by atoms with Crippen molar-refractivity contribution in [3.8, 4) is 0 Å². The molecule has 106 valence electrons. The number of carbonyl (C=O) groups excluding carboxylic acids is 1. The van der Waals surface area contributed by atoms with Crippen LogP contribution < -0.4 is 5.32 Å². The molecular formula is C16H21N3O. The van der Waals surface area contributed by atoms with E-state index in [2.05, 4.69) is 34.4 Å². The van der Waals surface area contributed by atoms with Gasteiger partial charge in [-0.15, -0.1) is 0 Å². The van der Waals surface area contributed by atoms with Crippen molar-refractivity contribution in [1.29, 1.82) is 0 Å². The Morgan fingerprint density at radius 1 is 1.40 bits per heavy atom. The molecule has 1 heterocycles. The van der Waals surface area contributed by atoms with Crippen LogP contribution in [0.25, 0.3) is 11.0 Å². The first-order valence-electron chi connectivity index (χ1n) is 7.01. The zero-order valence-electron chi connectivity index (χ0n) is 12.1. The molecule has 0 spiro atoms. The quantitative estimate of drug-likeness (QED) is 0.821. The number of aryl methyl sites for hydroxylation is 1. The number of carbonyl (C=O) groups is 1. The number of nitrogens with one attached hydrogen (secondary N) is 1. The van der Waals surface area contributed by atoms with Gasteiger partial charge in [-0.2, -0.15) is 0 Å². The molecule has 0 saturated heterocycles. The molecule has 1 N–H and O–H groups in total. The summed E-state index contributed by atoms with van der Waals surface area (Å²) in [5.41, 5.74) is 2.71. The summed E-state index contributed by atoms with van der Waals surface area (Å²) in [7, 11) is 0. The van der Waals surface area contributed by atoms with E-state index in [-0.39, 0.29) is 5.91 Å². The van der Waals surface area contributed by atoms with Crippen molar-refractivity contribution in [2.45, 2.75) is 33.2 Å². The number of fused-ring (bicyclic) bond motifs is 1. The molecular weight excluding hydrogens is 250 g/mol. The van der Waals surface area contributed by atoms with Crippen LogP contribution in [0, 0.1) is 0 Å². The highest BCUT2D eigenvalue weighted by molar-refractivity contribution is 5.92. The molecule has 0 aliphatic rings. The normalized spacial score (nSPS) is 10.7. The maximum atomic E-state index is 11.5. The van der Waals surface area contributed by atoms with Gasteiger partial charge in [-0.1, -0.05) is 25.6 Å². The molecule has 1 aromatic carbocycles. The molecule has 0 bridgehead atoms. The van der Waals surface area contributed by atoms with Crippen LogP contribution in [0.4, 0.5) is 0 Å². The van der Waals surface area contributed by atoms with Gasteiger partial charge in [0.1, 0.15) is 5.82 Å². The first kappa shape index (κ1) is 14.3. The maximum Gasteiger partial charge on any atom is 0.246 e. The smallest absolute Gasteiger partial charge is 0.246 e. The second-order valence-electron chi connectivity index (χ2n) is 4.95. The predicted molar refractivity (Wildman–Crippen MR) is 81.6 cm³/mol. The maximum absolute atomic E-state index is 11.5. The highest BCUT2D eigenvalue weighted by Crippen LogP contribution is 2.16. The van der Waals surface area contributed by atoms with E-state index >= 15 is 0 Å². The molecule has 0 aliphatic heterocycles. The number of benzene rings is 1. The van der Waals surface area contributed by atoms with Gasteiger partial charge in [-0.25, -0.2) is 4.98 Å². The van der Waals surface area contributed by atoms with Crippen LogP contribution in [-0.2, 0) is 17.8 Å². The minimum absolute atomic E-state index is 0.0943. The Labute approximate surface area is 119 Å². The van der Waals surface area contributed by atoms with E-state index in [1.165, 1.54) is 0 Å². The largest absolute Gasteiger partial charge is 0.352 e. The van der Waals surface area contributed by atoms with Crippen molar-refractivity contribution in [1.82, 2.24) is 14.9 Å². The molecule has 20 heavy (non-hydrogen) atoms. The van der Waals surface area contributed by atoms with E-state index in [1.807, 2.05) is 18.2 Å². The second kappa shape index (κ2) is 6.37. The lowest BCUT2D eigenvalue weighted by Gasteiger charge is -2.08. The summed E-state index contributed by atoms with van der Waals surface area (Å²) in [5, 5.41) is 2.85. The first-order chi connectivity index (χ1) is 9.63. The van der Waals surface area contributed by atoms with Crippen molar-refractivity contribution >= 4 is 16.9 Å². The number of para-hydroxylation sites is 2. The van der Waals surface area contributed by atoms with E-state index < -0.39 is 0 Å². The van der Waals surface area contributed by atoms with Gasteiger partial charge in [0.05, 0.1) is 11.0 Å². The Morgan fingerprint density at radius 2 is 2.15 bits per heavy atom. The van der Waals surface area contributed by atoms with Gasteiger partial charge >= 0.3 is 0 Å². The minimum atomic E-state index is -0.0943. The number of nitrogens with zero attached hydrogens (tertiary/aromatic N) is 2. The summed E-state index contributed by atoms with van der Waals surface area (Å²) < 4.78 is 2.24. The first-order valence-corrected chi connectivity index (χ1v) is 7.01. The molecule has 0 radical (unpaired) electrons. The summed E-state index contributed by atoms with van der Waals surface area (Å²) in [6.45, 7) is 9.02. The van der Waals surface area contributed by atoms with Crippen molar-refractivity contribution in [2.75, 3.05) is 6.54 Å². The lowest BCUT2D eigenvalue weighted by molar-refractivity contribution is -0.117. The highest BCUT2D eigenvalue weighted by atomic mass is 16.1. The third-order valence-corrected chi connectivity index (χ3v) is 3.20. The van der Waals surface area contributed by atoms with Crippen molar-refractivity contribution < 1.29 is 4.79 Å². The molecule has 0 unspecified atom stereocenters. The number of imidazole rings is 1. The van der Waals surface area contributed by atoms with Gasteiger partial charge < -0.3 is 9.88 Å². The SMILES string of the molecule is C=C(C)C(=O)NCCc1nc2ccccc2n1CCC. The summed E-state index contributed by atoms with van der Waals surface area (Å²) >= 11 is 0. The number of hydrogen-bond donors (Lipinski definition) is 1. The number of amides is 1. The van der Waals surface area contributed by atoms with E-state index in [0.29, 0.717) is 12.1 Å². The van der Waals surface area contributed by atoms with Gasteiger partial charge in [-0.05, 0) is 25.5 Å². The Bertz CT molecular complexity index is 628. The summed E-state index contributed by atoms with van der Waals surface area (Å²) in [6.07, 6.45) is 1.79. The molecule has 0 atom stereocenters. The summed E-state index contributed by atoms with van der Waals surface area (Å²) in [4.78, 5) is 16.1. The third-order valence-electron chi connectivity index (χ3n) is 3.20. The van der Waals surface area contributed by atoms with Crippen molar-refractivity contribution in [2.24, 2.45) is 0 Å². The molecule has 4 nitrogen and oxygen atoms in total. The Morgan fingerprint density at radius 3 is 2.85 bits per heavy atom. The van der Waals surface area contributed by atoms with Gasteiger partial charge in [0.2, 0.25) is 5.91 Å². The molecule has 1 amide bonds. The average molecular weight is 271 g/mol. The standard InChI is InChI=1S/C16H21N3O/c1-4-11-19-14-8-6-5-7-13(14)18-15(19)9-10-17-16(20)12(2)3/h5-8H,2,4,9-11H2,1,3H3,(H,17,20). The second-order valence-corrected chi connectivity index (χ2v) is 4.95. The fraction of sp³-hybridized carbons (Fsp3) is 0.375. The molecule has 2 rings (SSSR count). The van der Waals surface area contributed by atoms with Crippen LogP contribution in [0.5, 0.6) is 0 Å². The van der Waals surface area contributed by atoms with Gasteiger partial charge in [-0.3, -0.25) is 4.79 Å². The molecule has 0 saturated carbocycles. The summed E-state index contributed by atoms with van der Waals surface area (Å²) in [6, 6.07) is 8.15. The number of rotatable bonds is 6. The Hall–Kier alpha value is -2.10. The minimum Gasteiger partial charge on any atom is -0.352 e. The fourth-order valence-corrected chi connectivity index (χ4v) is 2.23. The van der Waals surface area contributed by atoms with Crippen LogP contribution in [0.3, 0.4) is 0 Å². The van der Waals surface area contributed by atoms with Crippen molar-refractivity contribution in [3.63, 3.8) is 0 Å². The van der Waals surface area contributed by atoms with E-state index in [4.69, 9.17) is 0 Å². The topological polar surface area (TPSA) is 46.9 Å². The Kier molecular flexibility index (Phi) is 4.56. The molecule has 1 aromatic heterocycles. The van der Waals surface area contributed by atoms with Crippen molar-refractivity contribution in [3.05, 3.63) is 42.2 Å². The third kappa shape index (κ3) is 3.07. The lowest BCUT2D eigenvalue weighted by atomic mass is 10.3.